The van der Waals surface area contributed by atoms with Crippen LogP contribution in [0.3, 0.4) is 0 Å². The standard InChI is InChI=1S/C13H11BrFN3O2/c1-16-11-3-2-4-12(13(11)18(19)20)17-10-6-5-8(14)7-9(10)15/h2-7,16-17H,1H3. The summed E-state index contributed by atoms with van der Waals surface area (Å²) >= 11 is 3.16. The van der Waals surface area contributed by atoms with Crippen molar-refractivity contribution in [2.45, 2.75) is 0 Å². The maximum Gasteiger partial charge on any atom is 0.315 e. The second kappa shape index (κ2) is 5.87. The lowest BCUT2D eigenvalue weighted by atomic mass is 10.2. The van der Waals surface area contributed by atoms with Gasteiger partial charge in [0.2, 0.25) is 0 Å². The number of hydrogen-bond donors (Lipinski definition) is 2. The van der Waals surface area contributed by atoms with Gasteiger partial charge in [0.1, 0.15) is 17.2 Å². The van der Waals surface area contributed by atoms with Gasteiger partial charge in [-0.1, -0.05) is 22.0 Å². The van der Waals surface area contributed by atoms with E-state index in [4.69, 9.17) is 0 Å². The van der Waals surface area contributed by atoms with Crippen molar-refractivity contribution in [1.82, 2.24) is 0 Å². The summed E-state index contributed by atoms with van der Waals surface area (Å²) in [7, 11) is 1.59. The molecule has 2 aromatic carbocycles. The summed E-state index contributed by atoms with van der Waals surface area (Å²) in [6, 6.07) is 9.21. The van der Waals surface area contributed by atoms with Crippen LogP contribution in [0.2, 0.25) is 0 Å². The molecule has 0 aliphatic rings. The number of hydrogen-bond acceptors (Lipinski definition) is 4. The minimum Gasteiger partial charge on any atom is -0.382 e. The van der Waals surface area contributed by atoms with Gasteiger partial charge in [0.05, 0.1) is 10.6 Å². The molecule has 0 heterocycles. The van der Waals surface area contributed by atoms with Crippen LogP contribution in [0.5, 0.6) is 0 Å². The molecular weight excluding hydrogens is 329 g/mol. The lowest BCUT2D eigenvalue weighted by Gasteiger charge is -2.10. The van der Waals surface area contributed by atoms with E-state index in [0.717, 1.165) is 0 Å². The van der Waals surface area contributed by atoms with Gasteiger partial charge in [-0.3, -0.25) is 10.1 Å². The molecule has 0 saturated heterocycles. The smallest absolute Gasteiger partial charge is 0.315 e. The number of nitrogens with one attached hydrogen (secondary N) is 2. The zero-order valence-corrected chi connectivity index (χ0v) is 12.1. The number of anilines is 3. The molecule has 0 fully saturated rings. The third-order valence-electron chi connectivity index (χ3n) is 2.69. The third kappa shape index (κ3) is 2.88. The monoisotopic (exact) mass is 339 g/mol. The van der Waals surface area contributed by atoms with Crippen LogP contribution in [-0.2, 0) is 0 Å². The van der Waals surface area contributed by atoms with Crippen LogP contribution in [-0.4, -0.2) is 12.0 Å². The number of nitrogens with zero attached hydrogens (tertiary/aromatic N) is 1. The molecule has 2 N–H and O–H groups in total. The van der Waals surface area contributed by atoms with Crippen LogP contribution < -0.4 is 10.6 Å². The fourth-order valence-corrected chi connectivity index (χ4v) is 2.11. The van der Waals surface area contributed by atoms with E-state index in [1.54, 1.807) is 25.2 Å². The summed E-state index contributed by atoms with van der Waals surface area (Å²) in [6.45, 7) is 0. The zero-order valence-electron chi connectivity index (χ0n) is 10.5. The number of rotatable bonds is 4. The van der Waals surface area contributed by atoms with Crippen molar-refractivity contribution in [3.8, 4) is 0 Å². The van der Waals surface area contributed by atoms with E-state index in [9.17, 15) is 14.5 Å². The quantitative estimate of drug-likeness (QED) is 0.644. The highest BCUT2D eigenvalue weighted by molar-refractivity contribution is 9.10. The molecule has 0 amide bonds. The van der Waals surface area contributed by atoms with Crippen molar-refractivity contribution in [3.05, 3.63) is 56.8 Å². The molecule has 104 valence electrons. The SMILES string of the molecule is CNc1cccc(Nc2ccc(Br)cc2F)c1[N+](=O)[O-]. The van der Waals surface area contributed by atoms with E-state index in [-0.39, 0.29) is 17.1 Å². The van der Waals surface area contributed by atoms with Crippen molar-refractivity contribution in [3.63, 3.8) is 0 Å². The molecule has 0 aliphatic carbocycles. The second-order valence-corrected chi connectivity index (χ2v) is 4.87. The van der Waals surface area contributed by atoms with Gasteiger partial charge in [-0.2, -0.15) is 0 Å². The average molecular weight is 340 g/mol. The first-order chi connectivity index (χ1) is 9.52. The van der Waals surface area contributed by atoms with Gasteiger partial charge in [-0.05, 0) is 30.3 Å². The van der Waals surface area contributed by atoms with E-state index in [0.29, 0.717) is 10.2 Å². The Bertz CT molecular complexity index is 664. The van der Waals surface area contributed by atoms with E-state index in [1.807, 2.05) is 0 Å². The minimum atomic E-state index is -0.509. The highest BCUT2D eigenvalue weighted by Gasteiger charge is 2.19. The Labute approximate surface area is 123 Å². The summed E-state index contributed by atoms with van der Waals surface area (Å²) in [6.07, 6.45) is 0. The fourth-order valence-electron chi connectivity index (χ4n) is 1.78. The lowest BCUT2D eigenvalue weighted by Crippen LogP contribution is -2.02. The molecule has 5 nitrogen and oxygen atoms in total. The molecule has 0 atom stereocenters. The highest BCUT2D eigenvalue weighted by atomic mass is 79.9. The van der Waals surface area contributed by atoms with Crippen molar-refractivity contribution in [2.24, 2.45) is 0 Å². The van der Waals surface area contributed by atoms with Crippen molar-refractivity contribution >= 4 is 38.7 Å². The van der Waals surface area contributed by atoms with Gasteiger partial charge < -0.3 is 10.6 Å². The van der Waals surface area contributed by atoms with Crippen LogP contribution in [0.4, 0.5) is 27.1 Å². The summed E-state index contributed by atoms with van der Waals surface area (Å²) in [5.74, 6) is -0.497. The first kappa shape index (κ1) is 14.3. The Balaban J connectivity index is 2.45. The Morgan fingerprint density at radius 2 is 1.90 bits per heavy atom. The van der Waals surface area contributed by atoms with Gasteiger partial charge in [-0.25, -0.2) is 4.39 Å². The lowest BCUT2D eigenvalue weighted by molar-refractivity contribution is -0.383. The number of nitro groups is 1. The van der Waals surface area contributed by atoms with Gasteiger partial charge in [0.15, 0.2) is 0 Å². The van der Waals surface area contributed by atoms with Crippen molar-refractivity contribution < 1.29 is 9.31 Å². The molecule has 0 saturated carbocycles. The molecule has 0 spiro atoms. The summed E-state index contributed by atoms with van der Waals surface area (Å²) < 4.78 is 14.4. The number of benzene rings is 2. The normalized spacial score (nSPS) is 10.2. The Morgan fingerprint density at radius 3 is 2.50 bits per heavy atom. The van der Waals surface area contributed by atoms with Crippen LogP contribution >= 0.6 is 15.9 Å². The molecule has 20 heavy (non-hydrogen) atoms. The fraction of sp³-hybridized carbons (Fsp3) is 0.0769. The molecule has 0 unspecified atom stereocenters. The highest BCUT2D eigenvalue weighted by Crippen LogP contribution is 2.35. The largest absolute Gasteiger partial charge is 0.382 e. The van der Waals surface area contributed by atoms with Crippen molar-refractivity contribution in [1.29, 1.82) is 0 Å². The predicted octanol–water partition coefficient (Wildman–Crippen LogP) is 4.28. The summed E-state index contributed by atoms with van der Waals surface area (Å²) in [5, 5.41) is 16.6. The molecule has 7 heteroatoms. The molecule has 0 radical (unpaired) electrons. The predicted molar refractivity (Wildman–Crippen MR) is 80.0 cm³/mol. The maximum absolute atomic E-state index is 13.8. The zero-order chi connectivity index (χ0) is 14.7. The van der Waals surface area contributed by atoms with Crippen LogP contribution in [0.1, 0.15) is 0 Å². The molecule has 2 aromatic rings. The van der Waals surface area contributed by atoms with Crippen LogP contribution in [0.15, 0.2) is 40.9 Å². The summed E-state index contributed by atoms with van der Waals surface area (Å²) in [5.41, 5.74) is 0.627. The molecule has 0 bridgehead atoms. The first-order valence-corrected chi connectivity index (χ1v) is 6.49. The third-order valence-corrected chi connectivity index (χ3v) is 3.18. The average Bonchev–Trinajstić information content (AvgIpc) is 2.41. The van der Waals surface area contributed by atoms with E-state index >= 15 is 0 Å². The van der Waals surface area contributed by atoms with Gasteiger partial charge in [-0.15, -0.1) is 0 Å². The number of nitro benzene ring substituents is 1. The van der Waals surface area contributed by atoms with Crippen LogP contribution in [0.25, 0.3) is 0 Å². The van der Waals surface area contributed by atoms with E-state index in [1.165, 1.54) is 18.2 Å². The maximum atomic E-state index is 13.8. The van der Waals surface area contributed by atoms with E-state index < -0.39 is 10.7 Å². The van der Waals surface area contributed by atoms with Gasteiger partial charge in [0, 0.05) is 11.5 Å². The van der Waals surface area contributed by atoms with Crippen molar-refractivity contribution in [2.75, 3.05) is 17.7 Å². The van der Waals surface area contributed by atoms with Gasteiger partial charge in [0.25, 0.3) is 0 Å². The Kier molecular flexibility index (Phi) is 4.19. The molecule has 2 rings (SSSR count). The first-order valence-electron chi connectivity index (χ1n) is 5.70. The van der Waals surface area contributed by atoms with E-state index in [2.05, 4.69) is 26.6 Å². The Morgan fingerprint density at radius 1 is 1.20 bits per heavy atom. The minimum absolute atomic E-state index is 0.127. The molecule has 0 aliphatic heterocycles. The number of para-hydroxylation sites is 1. The van der Waals surface area contributed by atoms with Crippen LogP contribution in [0, 0.1) is 15.9 Å². The van der Waals surface area contributed by atoms with Gasteiger partial charge >= 0.3 is 5.69 Å². The topological polar surface area (TPSA) is 67.2 Å². The summed E-state index contributed by atoms with van der Waals surface area (Å²) in [4.78, 5) is 10.6. The molecular formula is C13H11BrFN3O2. The second-order valence-electron chi connectivity index (χ2n) is 3.96. The Hall–Kier alpha value is -2.15. The number of halogens is 2. The molecule has 0 aromatic heterocycles.